The van der Waals surface area contributed by atoms with Crippen LogP contribution in [0.3, 0.4) is 0 Å². The van der Waals surface area contributed by atoms with Gasteiger partial charge in [0.1, 0.15) is 5.82 Å². The Bertz CT molecular complexity index is 258. The number of carbonyl (C=O) groups excluding carboxylic acids is 1. The summed E-state index contributed by atoms with van der Waals surface area (Å²) in [5, 5.41) is 0. The van der Waals surface area contributed by atoms with Gasteiger partial charge in [0.15, 0.2) is 0 Å². The largest absolute Gasteiger partial charge is 0.321 e. The molecule has 0 aliphatic rings. The Kier molecular flexibility index (Phi) is 2.94. The Hall–Kier alpha value is -1.22. The van der Waals surface area contributed by atoms with Gasteiger partial charge in [0.2, 0.25) is 6.29 Å². The van der Waals surface area contributed by atoms with Crippen molar-refractivity contribution in [2.75, 3.05) is 0 Å². The number of hydrogen-bond acceptors (Lipinski definition) is 2. The number of benzene rings is 1. The smallest absolute Gasteiger partial charge is 0.217 e. The Balaban J connectivity index is 2.64. The molecule has 2 nitrogen and oxygen atoms in total. The predicted octanol–water partition coefficient (Wildman–Crippen LogP) is 0.805. The van der Waals surface area contributed by atoms with Crippen LogP contribution in [0.4, 0.5) is 4.39 Å². The molecule has 2 N–H and O–H groups in total. The zero-order chi connectivity index (χ0) is 8.97. The summed E-state index contributed by atoms with van der Waals surface area (Å²) in [6, 6.07) is 5.27. The van der Waals surface area contributed by atoms with Gasteiger partial charge in [0.05, 0.1) is 6.04 Å². The molecule has 0 amide bonds. The van der Waals surface area contributed by atoms with Crippen molar-refractivity contribution in [2.45, 2.75) is 12.5 Å². The summed E-state index contributed by atoms with van der Waals surface area (Å²) < 4.78 is 12.4. The van der Waals surface area contributed by atoms with Gasteiger partial charge in [0.25, 0.3) is 0 Å². The van der Waals surface area contributed by atoms with Crippen molar-refractivity contribution < 1.29 is 9.18 Å². The van der Waals surface area contributed by atoms with E-state index >= 15 is 0 Å². The summed E-state index contributed by atoms with van der Waals surface area (Å²) >= 11 is 0. The van der Waals surface area contributed by atoms with Crippen molar-refractivity contribution in [3.8, 4) is 0 Å². The molecule has 1 atom stereocenters. The second-order valence-corrected chi connectivity index (χ2v) is 2.55. The average molecular weight is 166 g/mol. The quantitative estimate of drug-likeness (QED) is 0.721. The Labute approximate surface area is 70.2 Å². The molecule has 0 fully saturated rings. The van der Waals surface area contributed by atoms with Crippen molar-refractivity contribution in [3.63, 3.8) is 0 Å². The summed E-state index contributed by atoms with van der Waals surface area (Å²) in [5.41, 5.74) is 6.17. The lowest BCUT2D eigenvalue weighted by Crippen LogP contribution is -2.23. The van der Waals surface area contributed by atoms with Crippen LogP contribution in [0.15, 0.2) is 24.3 Å². The van der Waals surface area contributed by atoms with E-state index in [1.165, 1.54) is 12.1 Å². The summed E-state index contributed by atoms with van der Waals surface area (Å²) in [6.07, 6.45) is 2.07. The number of hydrogen-bond donors (Lipinski definition) is 1. The maximum absolute atomic E-state index is 12.4. The van der Waals surface area contributed by atoms with Crippen molar-refractivity contribution in [3.05, 3.63) is 35.6 Å². The van der Waals surface area contributed by atoms with Crippen molar-refractivity contribution in [1.29, 1.82) is 0 Å². The molecular formula is C9H9FNO. The molecule has 1 radical (unpaired) electrons. The molecule has 1 rings (SSSR count). The van der Waals surface area contributed by atoms with E-state index in [1.807, 2.05) is 0 Å². The van der Waals surface area contributed by atoms with Crippen molar-refractivity contribution in [1.82, 2.24) is 0 Å². The van der Waals surface area contributed by atoms with Crippen LogP contribution in [0.1, 0.15) is 5.56 Å². The molecule has 1 aromatic rings. The van der Waals surface area contributed by atoms with Crippen molar-refractivity contribution in [2.24, 2.45) is 5.73 Å². The Morgan fingerprint density at radius 2 is 2.00 bits per heavy atom. The predicted molar refractivity (Wildman–Crippen MR) is 43.8 cm³/mol. The van der Waals surface area contributed by atoms with E-state index in [9.17, 15) is 9.18 Å². The minimum atomic E-state index is -0.615. The molecule has 0 spiro atoms. The van der Waals surface area contributed by atoms with Crippen LogP contribution >= 0.6 is 0 Å². The number of nitrogens with two attached hydrogens (primary N) is 1. The molecule has 63 valence electrons. The van der Waals surface area contributed by atoms with E-state index in [-0.39, 0.29) is 5.82 Å². The van der Waals surface area contributed by atoms with E-state index in [4.69, 9.17) is 5.73 Å². The Morgan fingerprint density at radius 1 is 1.42 bits per heavy atom. The molecule has 0 bridgehead atoms. The van der Waals surface area contributed by atoms with E-state index in [1.54, 1.807) is 18.4 Å². The number of rotatable bonds is 3. The van der Waals surface area contributed by atoms with Gasteiger partial charge in [-0.3, -0.25) is 4.79 Å². The maximum Gasteiger partial charge on any atom is 0.217 e. The third-order valence-corrected chi connectivity index (χ3v) is 1.52. The fraction of sp³-hybridized carbons (Fsp3) is 0.222. The lowest BCUT2D eigenvalue weighted by molar-refractivity contribution is 0.540. The van der Waals surface area contributed by atoms with Crippen LogP contribution in [0.2, 0.25) is 0 Å². The van der Waals surface area contributed by atoms with E-state index in [0.717, 1.165) is 5.56 Å². The van der Waals surface area contributed by atoms with E-state index in [2.05, 4.69) is 0 Å². The van der Waals surface area contributed by atoms with Crippen LogP contribution < -0.4 is 5.73 Å². The minimum Gasteiger partial charge on any atom is -0.321 e. The van der Waals surface area contributed by atoms with Crippen LogP contribution in [-0.2, 0) is 11.2 Å². The molecule has 12 heavy (non-hydrogen) atoms. The molecule has 0 saturated heterocycles. The van der Waals surface area contributed by atoms with Gasteiger partial charge in [-0.15, -0.1) is 0 Å². The second-order valence-electron chi connectivity index (χ2n) is 2.55. The van der Waals surface area contributed by atoms with Crippen LogP contribution in [0.5, 0.6) is 0 Å². The molecule has 1 unspecified atom stereocenters. The highest BCUT2D eigenvalue weighted by Crippen LogP contribution is 2.03. The third-order valence-electron chi connectivity index (χ3n) is 1.52. The first kappa shape index (κ1) is 8.87. The van der Waals surface area contributed by atoms with Gasteiger partial charge in [-0.25, -0.2) is 4.39 Å². The molecule has 0 aliphatic heterocycles. The van der Waals surface area contributed by atoms with Gasteiger partial charge in [-0.2, -0.15) is 0 Å². The topological polar surface area (TPSA) is 43.1 Å². The molecular weight excluding hydrogens is 157 g/mol. The fourth-order valence-electron chi connectivity index (χ4n) is 0.916. The van der Waals surface area contributed by atoms with Gasteiger partial charge < -0.3 is 5.73 Å². The normalized spacial score (nSPS) is 12.5. The highest BCUT2D eigenvalue weighted by atomic mass is 19.1. The molecule has 0 saturated carbocycles. The molecule has 1 aromatic carbocycles. The first-order valence-corrected chi connectivity index (χ1v) is 3.60. The van der Waals surface area contributed by atoms with Gasteiger partial charge >= 0.3 is 0 Å². The lowest BCUT2D eigenvalue weighted by Gasteiger charge is -2.01. The lowest BCUT2D eigenvalue weighted by atomic mass is 10.1. The molecule has 0 aliphatic carbocycles. The molecule has 0 heterocycles. The van der Waals surface area contributed by atoms with Gasteiger partial charge in [-0.1, -0.05) is 12.1 Å². The monoisotopic (exact) mass is 166 g/mol. The van der Waals surface area contributed by atoms with E-state index < -0.39 is 6.04 Å². The highest BCUT2D eigenvalue weighted by molar-refractivity contribution is 5.58. The fourth-order valence-corrected chi connectivity index (χ4v) is 0.916. The molecule has 0 aromatic heterocycles. The van der Waals surface area contributed by atoms with Crippen LogP contribution in [0, 0.1) is 5.82 Å². The summed E-state index contributed by atoms with van der Waals surface area (Å²) in [5.74, 6) is -0.289. The van der Waals surface area contributed by atoms with Crippen molar-refractivity contribution >= 4 is 6.29 Å². The minimum absolute atomic E-state index is 0.289. The second kappa shape index (κ2) is 3.97. The van der Waals surface area contributed by atoms with Gasteiger partial charge in [-0.05, 0) is 24.1 Å². The van der Waals surface area contributed by atoms with Crippen LogP contribution in [0.25, 0.3) is 0 Å². The average Bonchev–Trinajstić information content (AvgIpc) is 2.09. The zero-order valence-corrected chi connectivity index (χ0v) is 6.46. The van der Waals surface area contributed by atoms with E-state index in [0.29, 0.717) is 6.42 Å². The zero-order valence-electron chi connectivity index (χ0n) is 6.46. The van der Waals surface area contributed by atoms with Gasteiger partial charge in [0, 0.05) is 0 Å². The molecule has 3 heteroatoms. The number of halogens is 1. The highest BCUT2D eigenvalue weighted by Gasteiger charge is 2.02. The first-order valence-electron chi connectivity index (χ1n) is 3.60. The summed E-state index contributed by atoms with van der Waals surface area (Å²) in [4.78, 5) is 10.1. The Morgan fingerprint density at radius 3 is 2.50 bits per heavy atom. The first-order chi connectivity index (χ1) is 5.72. The SMILES string of the molecule is NC([C]=O)Cc1ccc(F)cc1. The summed E-state index contributed by atoms with van der Waals surface area (Å²) in [7, 11) is 0. The standard InChI is InChI=1S/C9H9FNO/c10-8-3-1-7(2-4-8)5-9(11)6-12/h1-4,9H,5,11H2. The maximum atomic E-state index is 12.4. The third kappa shape index (κ3) is 2.43. The summed E-state index contributed by atoms with van der Waals surface area (Å²) in [6.45, 7) is 0. The van der Waals surface area contributed by atoms with Crippen LogP contribution in [-0.4, -0.2) is 12.3 Å².